The number of pyridine rings is 3. The van der Waals surface area contributed by atoms with Gasteiger partial charge in [0.1, 0.15) is 5.82 Å². The smallest absolute Gasteiger partial charge is 0.254 e. The number of hydrogen-bond acceptors (Lipinski definition) is 7. The van der Waals surface area contributed by atoms with Gasteiger partial charge in [0.25, 0.3) is 5.91 Å². The molecule has 1 saturated heterocycles. The minimum absolute atomic E-state index is 0.0994. The Hall–Kier alpha value is -3.52. The standard InChI is InChI=1S/C21H21N7O/c29-21-19-16(12-26-21)20(14-3-5-22-6-4-14)25-13-17(19)27-18-2-1-15(11-24-18)28-9-7-23-8-10-28/h1-6,11,13,23H,7-10,12H2,(H,24,27)(H,26,29). The topological polar surface area (TPSA) is 95.1 Å². The van der Waals surface area contributed by atoms with Crippen LogP contribution in [-0.4, -0.2) is 47.0 Å². The Labute approximate surface area is 168 Å². The number of rotatable bonds is 4. The normalized spacial score (nSPS) is 15.7. The summed E-state index contributed by atoms with van der Waals surface area (Å²) < 4.78 is 0. The maximum absolute atomic E-state index is 12.5. The first-order valence-electron chi connectivity index (χ1n) is 9.69. The van der Waals surface area contributed by atoms with Gasteiger partial charge < -0.3 is 20.9 Å². The fourth-order valence-corrected chi connectivity index (χ4v) is 3.80. The Morgan fingerprint density at radius 2 is 1.83 bits per heavy atom. The molecule has 3 aromatic heterocycles. The van der Waals surface area contributed by atoms with Crippen molar-refractivity contribution in [3.8, 4) is 11.3 Å². The van der Waals surface area contributed by atoms with Gasteiger partial charge in [-0.25, -0.2) is 4.98 Å². The maximum Gasteiger partial charge on any atom is 0.254 e. The molecule has 8 nitrogen and oxygen atoms in total. The van der Waals surface area contributed by atoms with Crippen molar-refractivity contribution in [1.82, 2.24) is 25.6 Å². The molecule has 2 aliphatic rings. The number of nitrogens with one attached hydrogen (secondary N) is 3. The molecule has 0 aromatic carbocycles. The lowest BCUT2D eigenvalue weighted by Crippen LogP contribution is -2.43. The van der Waals surface area contributed by atoms with Crippen LogP contribution in [0.2, 0.25) is 0 Å². The predicted octanol–water partition coefficient (Wildman–Crippen LogP) is 1.94. The van der Waals surface area contributed by atoms with Crippen LogP contribution in [-0.2, 0) is 6.54 Å². The Kier molecular flexibility index (Phi) is 4.53. The van der Waals surface area contributed by atoms with Gasteiger partial charge in [0, 0.05) is 56.2 Å². The highest BCUT2D eigenvalue weighted by molar-refractivity contribution is 6.05. The van der Waals surface area contributed by atoms with Gasteiger partial charge in [-0.3, -0.25) is 14.8 Å². The first-order valence-corrected chi connectivity index (χ1v) is 9.69. The summed E-state index contributed by atoms with van der Waals surface area (Å²) in [7, 11) is 0. The molecule has 0 saturated carbocycles. The number of carbonyl (C=O) groups excluding carboxylic acids is 1. The molecule has 0 aliphatic carbocycles. The number of anilines is 3. The van der Waals surface area contributed by atoms with Crippen molar-refractivity contribution < 1.29 is 4.79 Å². The lowest BCUT2D eigenvalue weighted by atomic mass is 10.0. The van der Waals surface area contributed by atoms with Gasteiger partial charge in [-0.05, 0) is 24.3 Å². The second-order valence-electron chi connectivity index (χ2n) is 7.06. The van der Waals surface area contributed by atoms with E-state index >= 15 is 0 Å². The van der Waals surface area contributed by atoms with Gasteiger partial charge in [0.15, 0.2) is 0 Å². The molecule has 29 heavy (non-hydrogen) atoms. The summed E-state index contributed by atoms with van der Waals surface area (Å²) in [4.78, 5) is 28.0. The molecule has 2 aliphatic heterocycles. The van der Waals surface area contributed by atoms with Crippen LogP contribution in [0.1, 0.15) is 15.9 Å². The SMILES string of the molecule is O=C1NCc2c(-c3ccncc3)ncc(Nc3ccc(N4CCNCC4)cn3)c21. The molecule has 0 radical (unpaired) electrons. The van der Waals surface area contributed by atoms with Crippen molar-refractivity contribution in [2.24, 2.45) is 0 Å². The van der Waals surface area contributed by atoms with E-state index < -0.39 is 0 Å². The van der Waals surface area contributed by atoms with E-state index in [4.69, 9.17) is 0 Å². The number of amides is 1. The molecule has 146 valence electrons. The van der Waals surface area contributed by atoms with Crippen LogP contribution in [0.4, 0.5) is 17.2 Å². The number of piperazine rings is 1. The third-order valence-electron chi connectivity index (χ3n) is 5.28. The summed E-state index contributed by atoms with van der Waals surface area (Å²) in [5.41, 5.74) is 5.02. The number of carbonyl (C=O) groups is 1. The van der Waals surface area contributed by atoms with E-state index in [1.165, 1.54) is 0 Å². The van der Waals surface area contributed by atoms with Crippen LogP contribution in [0.25, 0.3) is 11.3 Å². The van der Waals surface area contributed by atoms with E-state index in [9.17, 15) is 4.79 Å². The Bertz CT molecular complexity index is 1030. The van der Waals surface area contributed by atoms with E-state index in [2.05, 4.69) is 41.9 Å². The van der Waals surface area contributed by atoms with Crippen LogP contribution in [0, 0.1) is 0 Å². The number of aromatic nitrogens is 3. The number of hydrogen-bond donors (Lipinski definition) is 3. The molecule has 1 fully saturated rings. The van der Waals surface area contributed by atoms with Crippen molar-refractivity contribution in [2.75, 3.05) is 36.4 Å². The van der Waals surface area contributed by atoms with Crippen molar-refractivity contribution in [1.29, 1.82) is 0 Å². The van der Waals surface area contributed by atoms with Gasteiger partial charge in [0.2, 0.25) is 0 Å². The molecule has 0 unspecified atom stereocenters. The molecule has 8 heteroatoms. The van der Waals surface area contributed by atoms with Crippen molar-refractivity contribution in [2.45, 2.75) is 6.54 Å². The lowest BCUT2D eigenvalue weighted by Gasteiger charge is -2.29. The molecule has 3 aromatic rings. The fraction of sp³-hybridized carbons (Fsp3) is 0.238. The van der Waals surface area contributed by atoms with Crippen molar-refractivity contribution >= 4 is 23.1 Å². The molecule has 0 atom stereocenters. The molecule has 5 rings (SSSR count). The highest BCUT2D eigenvalue weighted by Gasteiger charge is 2.27. The second-order valence-corrected chi connectivity index (χ2v) is 7.06. The fourth-order valence-electron chi connectivity index (χ4n) is 3.80. The van der Waals surface area contributed by atoms with Gasteiger partial charge in [-0.15, -0.1) is 0 Å². The molecule has 0 bridgehead atoms. The third kappa shape index (κ3) is 3.38. The average Bonchev–Trinajstić information content (AvgIpc) is 3.18. The van der Waals surface area contributed by atoms with E-state index in [-0.39, 0.29) is 5.91 Å². The van der Waals surface area contributed by atoms with Crippen LogP contribution in [0.15, 0.2) is 49.1 Å². The van der Waals surface area contributed by atoms with E-state index in [0.717, 1.165) is 48.7 Å². The first kappa shape index (κ1) is 17.6. The highest BCUT2D eigenvalue weighted by Crippen LogP contribution is 2.33. The lowest BCUT2D eigenvalue weighted by molar-refractivity contribution is 0.0966. The summed E-state index contributed by atoms with van der Waals surface area (Å²) in [6, 6.07) is 7.79. The Balaban J connectivity index is 1.43. The maximum atomic E-state index is 12.5. The van der Waals surface area contributed by atoms with Crippen molar-refractivity contribution in [3.05, 3.63) is 60.2 Å². The third-order valence-corrected chi connectivity index (χ3v) is 5.28. The Morgan fingerprint density at radius 1 is 1.00 bits per heavy atom. The van der Waals surface area contributed by atoms with Crippen LogP contribution >= 0.6 is 0 Å². The Morgan fingerprint density at radius 3 is 2.59 bits per heavy atom. The molecular formula is C21H21N7O. The van der Waals surface area contributed by atoms with E-state index in [0.29, 0.717) is 23.6 Å². The van der Waals surface area contributed by atoms with Gasteiger partial charge in [-0.2, -0.15) is 0 Å². The van der Waals surface area contributed by atoms with Crippen LogP contribution in [0.3, 0.4) is 0 Å². The number of nitrogens with zero attached hydrogens (tertiary/aromatic N) is 4. The van der Waals surface area contributed by atoms with Crippen LogP contribution < -0.4 is 20.9 Å². The monoisotopic (exact) mass is 387 g/mol. The summed E-state index contributed by atoms with van der Waals surface area (Å²) in [6.45, 7) is 4.38. The van der Waals surface area contributed by atoms with Crippen molar-refractivity contribution in [3.63, 3.8) is 0 Å². The first-order chi connectivity index (χ1) is 14.3. The molecule has 3 N–H and O–H groups in total. The van der Waals surface area contributed by atoms with Gasteiger partial charge in [0.05, 0.1) is 35.0 Å². The largest absolute Gasteiger partial charge is 0.368 e. The zero-order valence-corrected chi connectivity index (χ0v) is 15.9. The van der Waals surface area contributed by atoms with Crippen LogP contribution in [0.5, 0.6) is 0 Å². The van der Waals surface area contributed by atoms with Gasteiger partial charge >= 0.3 is 0 Å². The molecule has 1 amide bonds. The summed E-state index contributed by atoms with van der Waals surface area (Å²) in [6.07, 6.45) is 7.02. The molecular weight excluding hydrogens is 366 g/mol. The summed E-state index contributed by atoms with van der Waals surface area (Å²) in [5, 5.41) is 9.52. The van der Waals surface area contributed by atoms with E-state index in [1.807, 2.05) is 24.4 Å². The summed E-state index contributed by atoms with van der Waals surface area (Å²) in [5.74, 6) is 0.585. The highest BCUT2D eigenvalue weighted by atomic mass is 16.1. The minimum atomic E-state index is -0.0994. The number of fused-ring (bicyclic) bond motifs is 1. The zero-order valence-electron chi connectivity index (χ0n) is 15.9. The predicted molar refractivity (Wildman–Crippen MR) is 111 cm³/mol. The quantitative estimate of drug-likeness (QED) is 0.630. The average molecular weight is 387 g/mol. The van der Waals surface area contributed by atoms with Gasteiger partial charge in [-0.1, -0.05) is 0 Å². The van der Waals surface area contributed by atoms with E-state index in [1.54, 1.807) is 18.6 Å². The second kappa shape index (κ2) is 7.48. The molecule has 5 heterocycles. The molecule has 0 spiro atoms. The summed E-state index contributed by atoms with van der Waals surface area (Å²) >= 11 is 0. The zero-order chi connectivity index (χ0) is 19.6. The minimum Gasteiger partial charge on any atom is -0.368 e.